The number of nitrogens with two attached hydrogens (primary N) is 1. The van der Waals surface area contributed by atoms with Crippen molar-refractivity contribution in [1.29, 1.82) is 0 Å². The van der Waals surface area contributed by atoms with Crippen molar-refractivity contribution in [3.8, 4) is 0 Å². The Balaban J connectivity index is 0.000000186. The van der Waals surface area contributed by atoms with Crippen molar-refractivity contribution in [2.24, 2.45) is 0 Å². The van der Waals surface area contributed by atoms with Crippen molar-refractivity contribution in [2.45, 2.75) is 63.9 Å². The SMILES string of the molecule is CC(C)(C)OC(=O)Nc1ccc(Br)c(C2CC2)c1.Nc1ccc(Br)c(C2CC2)c1. The molecule has 0 atom stereocenters. The van der Waals surface area contributed by atoms with Gasteiger partial charge in [-0.2, -0.15) is 0 Å². The number of carbonyl (C=O) groups is 1. The lowest BCUT2D eigenvalue weighted by Gasteiger charge is -2.20. The number of ether oxygens (including phenoxy) is 1. The molecule has 2 aliphatic rings. The first kappa shape index (κ1) is 22.2. The monoisotopic (exact) mass is 522 g/mol. The van der Waals surface area contributed by atoms with Gasteiger partial charge in [-0.05, 0) is 106 Å². The molecule has 0 radical (unpaired) electrons. The van der Waals surface area contributed by atoms with E-state index < -0.39 is 11.7 Å². The number of halogens is 2. The van der Waals surface area contributed by atoms with E-state index in [2.05, 4.69) is 43.2 Å². The Labute approximate surface area is 189 Å². The molecule has 0 spiro atoms. The van der Waals surface area contributed by atoms with Gasteiger partial charge in [0, 0.05) is 20.3 Å². The highest BCUT2D eigenvalue weighted by atomic mass is 79.9. The average Bonchev–Trinajstić information content (AvgIpc) is 3.51. The first-order chi connectivity index (χ1) is 13.6. The van der Waals surface area contributed by atoms with E-state index in [0.29, 0.717) is 5.92 Å². The van der Waals surface area contributed by atoms with Gasteiger partial charge in [-0.1, -0.05) is 31.9 Å². The fourth-order valence-electron chi connectivity index (χ4n) is 3.02. The summed E-state index contributed by atoms with van der Waals surface area (Å²) in [5.74, 6) is 1.41. The number of hydrogen-bond acceptors (Lipinski definition) is 3. The number of amides is 1. The Hall–Kier alpha value is -1.53. The summed E-state index contributed by atoms with van der Waals surface area (Å²) in [5.41, 5.74) is 9.50. The summed E-state index contributed by atoms with van der Waals surface area (Å²) in [6.45, 7) is 5.55. The standard InChI is InChI=1S/C14H18BrNO2.C9H10BrN/c1-14(2,3)18-13(17)16-10-6-7-12(15)11(8-10)9-4-5-9;10-9-4-3-7(11)5-8(9)6-1-2-6/h6-9H,4-5H2,1-3H3,(H,16,17);3-6H,1-2,11H2. The molecule has 2 aromatic carbocycles. The Bertz CT molecular complexity index is 885. The van der Waals surface area contributed by atoms with Crippen molar-refractivity contribution in [1.82, 2.24) is 0 Å². The summed E-state index contributed by atoms with van der Waals surface area (Å²) >= 11 is 7.06. The van der Waals surface area contributed by atoms with E-state index in [9.17, 15) is 4.79 Å². The largest absolute Gasteiger partial charge is 0.444 e. The first-order valence-corrected chi connectivity index (χ1v) is 11.6. The molecule has 2 saturated carbocycles. The number of rotatable bonds is 3. The van der Waals surface area contributed by atoms with Gasteiger partial charge in [0.05, 0.1) is 0 Å². The molecular formula is C23H28Br2N2O2. The smallest absolute Gasteiger partial charge is 0.412 e. The van der Waals surface area contributed by atoms with E-state index in [1.54, 1.807) is 0 Å². The van der Waals surface area contributed by atoms with E-state index >= 15 is 0 Å². The minimum Gasteiger partial charge on any atom is -0.444 e. The van der Waals surface area contributed by atoms with Crippen molar-refractivity contribution >= 4 is 49.3 Å². The Morgan fingerprint density at radius 2 is 1.48 bits per heavy atom. The second kappa shape index (κ2) is 9.09. The molecule has 0 aliphatic heterocycles. The first-order valence-electron chi connectivity index (χ1n) is 9.97. The van der Waals surface area contributed by atoms with Crippen LogP contribution in [0.5, 0.6) is 0 Å². The van der Waals surface area contributed by atoms with Gasteiger partial charge >= 0.3 is 6.09 Å². The lowest BCUT2D eigenvalue weighted by molar-refractivity contribution is 0.0636. The maximum atomic E-state index is 11.7. The zero-order chi connectivity index (χ0) is 21.2. The molecule has 0 aromatic heterocycles. The minimum atomic E-state index is -0.473. The van der Waals surface area contributed by atoms with E-state index in [0.717, 1.165) is 21.8 Å². The third kappa shape index (κ3) is 7.03. The van der Waals surface area contributed by atoms with Gasteiger partial charge in [0.2, 0.25) is 0 Å². The summed E-state index contributed by atoms with van der Waals surface area (Å²) in [7, 11) is 0. The maximum absolute atomic E-state index is 11.7. The summed E-state index contributed by atoms with van der Waals surface area (Å²) in [6.07, 6.45) is 4.69. The van der Waals surface area contributed by atoms with Crippen LogP contribution in [0.2, 0.25) is 0 Å². The summed E-state index contributed by atoms with van der Waals surface area (Å²) in [4.78, 5) is 11.7. The molecule has 2 aromatic rings. The molecule has 4 nitrogen and oxygen atoms in total. The van der Waals surface area contributed by atoms with Gasteiger partial charge in [0.15, 0.2) is 0 Å². The highest BCUT2D eigenvalue weighted by Crippen LogP contribution is 2.44. The van der Waals surface area contributed by atoms with Gasteiger partial charge in [-0.3, -0.25) is 5.32 Å². The van der Waals surface area contributed by atoms with Crippen molar-refractivity contribution in [3.63, 3.8) is 0 Å². The summed E-state index contributed by atoms with van der Waals surface area (Å²) in [5, 5.41) is 2.77. The highest BCUT2D eigenvalue weighted by Gasteiger charge is 2.26. The molecule has 1 amide bonds. The zero-order valence-electron chi connectivity index (χ0n) is 17.1. The third-order valence-electron chi connectivity index (χ3n) is 4.70. The van der Waals surface area contributed by atoms with Crippen LogP contribution < -0.4 is 11.1 Å². The number of nitrogen functional groups attached to an aromatic ring is 1. The van der Waals surface area contributed by atoms with Crippen LogP contribution in [0, 0.1) is 0 Å². The number of hydrogen-bond donors (Lipinski definition) is 2. The lowest BCUT2D eigenvalue weighted by atomic mass is 10.1. The molecule has 4 rings (SSSR count). The van der Waals surface area contributed by atoms with Crippen LogP contribution >= 0.6 is 31.9 Å². The topological polar surface area (TPSA) is 64.3 Å². The van der Waals surface area contributed by atoms with E-state index in [-0.39, 0.29) is 0 Å². The fourth-order valence-corrected chi connectivity index (χ4v) is 4.16. The summed E-state index contributed by atoms with van der Waals surface area (Å²) < 4.78 is 7.54. The van der Waals surface area contributed by atoms with Gasteiger partial charge in [-0.25, -0.2) is 4.79 Å². The molecule has 29 heavy (non-hydrogen) atoms. The molecule has 2 aliphatic carbocycles. The molecular weight excluding hydrogens is 496 g/mol. The molecule has 3 N–H and O–H groups in total. The van der Waals surface area contributed by atoms with Gasteiger partial charge in [0.1, 0.15) is 5.60 Å². The average molecular weight is 524 g/mol. The van der Waals surface area contributed by atoms with Crippen LogP contribution in [-0.4, -0.2) is 11.7 Å². The predicted octanol–water partition coefficient (Wildman–Crippen LogP) is 7.58. The molecule has 2 fully saturated rings. The number of benzene rings is 2. The second-order valence-corrected chi connectivity index (χ2v) is 10.4. The molecule has 0 saturated heterocycles. The molecule has 6 heteroatoms. The van der Waals surface area contributed by atoms with Crippen LogP contribution in [-0.2, 0) is 4.74 Å². The Kier molecular flexibility index (Phi) is 6.94. The molecule has 156 valence electrons. The normalized spacial score (nSPS) is 15.9. The second-order valence-electron chi connectivity index (χ2n) is 8.69. The number of carbonyl (C=O) groups excluding carboxylic acids is 1. The fraction of sp³-hybridized carbons (Fsp3) is 0.435. The Morgan fingerprint density at radius 3 is 2.00 bits per heavy atom. The quantitative estimate of drug-likeness (QED) is 0.407. The van der Waals surface area contributed by atoms with Crippen LogP contribution in [0.25, 0.3) is 0 Å². The molecule has 0 bridgehead atoms. The summed E-state index contributed by atoms with van der Waals surface area (Å²) in [6, 6.07) is 11.9. The van der Waals surface area contributed by atoms with Crippen LogP contribution in [0.3, 0.4) is 0 Å². The van der Waals surface area contributed by atoms with E-state index in [1.807, 2.05) is 51.1 Å². The Morgan fingerprint density at radius 1 is 0.966 bits per heavy atom. The van der Waals surface area contributed by atoms with Crippen LogP contribution in [0.15, 0.2) is 45.3 Å². The molecule has 0 unspecified atom stereocenters. The predicted molar refractivity (Wildman–Crippen MR) is 127 cm³/mol. The van der Waals surface area contributed by atoms with E-state index in [4.69, 9.17) is 10.5 Å². The zero-order valence-corrected chi connectivity index (χ0v) is 20.3. The van der Waals surface area contributed by atoms with Gasteiger partial charge in [-0.15, -0.1) is 0 Å². The van der Waals surface area contributed by atoms with Crippen molar-refractivity contribution < 1.29 is 9.53 Å². The van der Waals surface area contributed by atoms with Gasteiger partial charge in [0.25, 0.3) is 0 Å². The minimum absolute atomic E-state index is 0.411. The van der Waals surface area contributed by atoms with Crippen molar-refractivity contribution in [2.75, 3.05) is 11.1 Å². The van der Waals surface area contributed by atoms with Crippen LogP contribution in [0.4, 0.5) is 16.2 Å². The van der Waals surface area contributed by atoms with E-state index in [1.165, 1.54) is 41.3 Å². The van der Waals surface area contributed by atoms with Crippen LogP contribution in [0.1, 0.15) is 69.4 Å². The third-order valence-corrected chi connectivity index (χ3v) is 6.14. The number of nitrogens with one attached hydrogen (secondary N) is 1. The maximum Gasteiger partial charge on any atom is 0.412 e. The molecule has 0 heterocycles. The lowest BCUT2D eigenvalue weighted by Crippen LogP contribution is -2.27. The highest BCUT2D eigenvalue weighted by molar-refractivity contribution is 9.10. The van der Waals surface area contributed by atoms with Crippen molar-refractivity contribution in [3.05, 3.63) is 56.5 Å². The number of anilines is 2. The van der Waals surface area contributed by atoms with Gasteiger partial charge < -0.3 is 10.5 Å².